The number of benzene rings is 2. The van der Waals surface area contributed by atoms with Crippen LogP contribution in [0.5, 0.6) is 0 Å². The Bertz CT molecular complexity index is 1260. The molecule has 9 heteroatoms. The van der Waals surface area contributed by atoms with Crippen molar-refractivity contribution >= 4 is 11.8 Å². The molecule has 4 aromatic rings. The van der Waals surface area contributed by atoms with E-state index in [-0.39, 0.29) is 17.2 Å². The molecule has 0 bridgehead atoms. The highest BCUT2D eigenvalue weighted by Gasteiger charge is 2.20. The minimum absolute atomic E-state index is 0.229. The number of tetrazole rings is 1. The standard InChI is InChI=1S/C22H18FN5O3/c1-14-10-19(15(2)28(14)17-7-5-6-16(23)11-17)21(29)12-31-22(30)18-8-3-4-9-20(18)27-13-24-25-26-27/h3-11,13H,12H2,1-2H3. The molecule has 0 spiro atoms. The lowest BCUT2D eigenvalue weighted by molar-refractivity contribution is 0.0474. The maximum Gasteiger partial charge on any atom is 0.340 e. The topological polar surface area (TPSA) is 91.9 Å². The Hall–Kier alpha value is -4.14. The van der Waals surface area contributed by atoms with Gasteiger partial charge in [-0.15, -0.1) is 5.10 Å². The molecule has 156 valence electrons. The molecule has 2 aromatic carbocycles. The SMILES string of the molecule is Cc1cc(C(=O)COC(=O)c2ccccc2-n2cnnn2)c(C)n1-c1cccc(F)c1. The Morgan fingerprint density at radius 3 is 2.58 bits per heavy atom. The molecule has 0 aliphatic rings. The summed E-state index contributed by atoms with van der Waals surface area (Å²) >= 11 is 0. The van der Waals surface area contributed by atoms with E-state index in [9.17, 15) is 14.0 Å². The molecule has 0 saturated heterocycles. The molecule has 0 N–H and O–H groups in total. The molecule has 2 aromatic heterocycles. The minimum atomic E-state index is -0.668. The van der Waals surface area contributed by atoms with Crippen molar-refractivity contribution < 1.29 is 18.7 Å². The van der Waals surface area contributed by atoms with Crippen molar-refractivity contribution in [2.24, 2.45) is 0 Å². The number of halogens is 1. The predicted octanol–water partition coefficient (Wildman–Crippen LogP) is 3.25. The number of aryl methyl sites for hydroxylation is 1. The molecule has 0 unspecified atom stereocenters. The normalized spacial score (nSPS) is 10.8. The maximum absolute atomic E-state index is 13.6. The third kappa shape index (κ3) is 3.97. The van der Waals surface area contributed by atoms with E-state index >= 15 is 0 Å². The number of para-hydroxylation sites is 1. The first-order chi connectivity index (χ1) is 15.0. The van der Waals surface area contributed by atoms with Crippen LogP contribution in [0, 0.1) is 19.7 Å². The van der Waals surface area contributed by atoms with Crippen LogP contribution in [-0.2, 0) is 4.74 Å². The van der Waals surface area contributed by atoms with Crippen LogP contribution in [0.2, 0.25) is 0 Å². The molecule has 0 radical (unpaired) electrons. The average Bonchev–Trinajstić information content (AvgIpc) is 3.40. The third-order valence-electron chi connectivity index (χ3n) is 4.85. The number of Topliss-reactive ketones (excluding diaryl/α,β-unsaturated/α-hetero) is 1. The molecule has 0 aliphatic heterocycles. The van der Waals surface area contributed by atoms with Crippen LogP contribution in [-0.4, -0.2) is 43.1 Å². The number of carbonyl (C=O) groups is 2. The summed E-state index contributed by atoms with van der Waals surface area (Å²) in [5.74, 6) is -1.39. The van der Waals surface area contributed by atoms with Gasteiger partial charge in [-0.05, 0) is 60.7 Å². The summed E-state index contributed by atoms with van der Waals surface area (Å²) in [6.45, 7) is 3.15. The van der Waals surface area contributed by atoms with E-state index in [2.05, 4.69) is 15.5 Å². The van der Waals surface area contributed by atoms with Gasteiger partial charge < -0.3 is 9.30 Å². The Labute approximate surface area is 176 Å². The smallest absolute Gasteiger partial charge is 0.340 e. The van der Waals surface area contributed by atoms with Crippen LogP contribution in [0.4, 0.5) is 4.39 Å². The van der Waals surface area contributed by atoms with Gasteiger partial charge in [0.2, 0.25) is 5.78 Å². The Kier molecular flexibility index (Phi) is 5.40. The van der Waals surface area contributed by atoms with Crippen LogP contribution in [0.3, 0.4) is 0 Å². The number of nitrogens with zero attached hydrogens (tertiary/aromatic N) is 5. The van der Waals surface area contributed by atoms with E-state index in [1.807, 2.05) is 6.92 Å². The summed E-state index contributed by atoms with van der Waals surface area (Å²) in [4.78, 5) is 25.4. The van der Waals surface area contributed by atoms with Gasteiger partial charge in [0.15, 0.2) is 6.61 Å². The van der Waals surface area contributed by atoms with Gasteiger partial charge in [0.25, 0.3) is 0 Å². The highest BCUT2D eigenvalue weighted by Crippen LogP contribution is 2.22. The monoisotopic (exact) mass is 419 g/mol. The first-order valence-corrected chi connectivity index (χ1v) is 9.43. The summed E-state index contributed by atoms with van der Waals surface area (Å²) in [5.41, 5.74) is 3.09. The van der Waals surface area contributed by atoms with Crippen molar-refractivity contribution in [3.05, 3.63) is 89.3 Å². The summed E-state index contributed by atoms with van der Waals surface area (Å²) in [7, 11) is 0. The lowest BCUT2D eigenvalue weighted by atomic mass is 10.1. The van der Waals surface area contributed by atoms with Crippen LogP contribution in [0.15, 0.2) is 60.9 Å². The van der Waals surface area contributed by atoms with Crippen molar-refractivity contribution in [3.63, 3.8) is 0 Å². The third-order valence-corrected chi connectivity index (χ3v) is 4.85. The Morgan fingerprint density at radius 1 is 1.03 bits per heavy atom. The van der Waals surface area contributed by atoms with Gasteiger partial charge in [0, 0.05) is 22.6 Å². The highest BCUT2D eigenvalue weighted by molar-refractivity contribution is 6.01. The van der Waals surface area contributed by atoms with E-state index < -0.39 is 12.6 Å². The maximum atomic E-state index is 13.6. The highest BCUT2D eigenvalue weighted by atomic mass is 19.1. The lowest BCUT2D eigenvalue weighted by Crippen LogP contribution is -2.16. The Balaban J connectivity index is 1.53. The number of esters is 1. The second kappa shape index (κ2) is 8.31. The van der Waals surface area contributed by atoms with E-state index in [0.29, 0.717) is 22.6 Å². The van der Waals surface area contributed by atoms with E-state index in [1.54, 1.807) is 54.0 Å². The van der Waals surface area contributed by atoms with Crippen molar-refractivity contribution in [2.75, 3.05) is 6.61 Å². The largest absolute Gasteiger partial charge is 0.454 e. The van der Waals surface area contributed by atoms with E-state index in [0.717, 1.165) is 5.69 Å². The fourth-order valence-electron chi connectivity index (χ4n) is 3.46. The number of aromatic nitrogens is 5. The second-order valence-electron chi connectivity index (χ2n) is 6.87. The van der Waals surface area contributed by atoms with Gasteiger partial charge in [0.1, 0.15) is 12.1 Å². The van der Waals surface area contributed by atoms with E-state index in [4.69, 9.17) is 4.74 Å². The van der Waals surface area contributed by atoms with Crippen molar-refractivity contribution in [3.8, 4) is 11.4 Å². The molecule has 8 nitrogen and oxygen atoms in total. The molecular weight excluding hydrogens is 401 g/mol. The fourth-order valence-corrected chi connectivity index (χ4v) is 3.46. The summed E-state index contributed by atoms with van der Waals surface area (Å²) in [5, 5.41) is 10.9. The van der Waals surface area contributed by atoms with Gasteiger partial charge in [-0.1, -0.05) is 18.2 Å². The molecule has 31 heavy (non-hydrogen) atoms. The zero-order chi connectivity index (χ0) is 22.0. The zero-order valence-corrected chi connectivity index (χ0v) is 16.8. The van der Waals surface area contributed by atoms with Crippen LogP contribution < -0.4 is 0 Å². The lowest BCUT2D eigenvalue weighted by Gasteiger charge is -2.10. The second-order valence-corrected chi connectivity index (χ2v) is 6.87. The van der Waals surface area contributed by atoms with Crippen molar-refractivity contribution in [1.29, 1.82) is 0 Å². The van der Waals surface area contributed by atoms with Crippen LogP contribution in [0.1, 0.15) is 32.1 Å². The molecule has 0 aliphatic carbocycles. The van der Waals surface area contributed by atoms with Crippen molar-refractivity contribution in [2.45, 2.75) is 13.8 Å². The van der Waals surface area contributed by atoms with Crippen LogP contribution >= 0.6 is 0 Å². The molecule has 0 atom stereocenters. The zero-order valence-electron chi connectivity index (χ0n) is 16.8. The van der Waals surface area contributed by atoms with Gasteiger partial charge in [0.05, 0.1) is 11.3 Å². The van der Waals surface area contributed by atoms with Gasteiger partial charge in [-0.2, -0.15) is 4.68 Å². The minimum Gasteiger partial charge on any atom is -0.454 e. The molecule has 4 rings (SSSR count). The number of hydrogen-bond donors (Lipinski definition) is 0. The number of hydrogen-bond acceptors (Lipinski definition) is 6. The van der Waals surface area contributed by atoms with Crippen LogP contribution in [0.25, 0.3) is 11.4 Å². The molecular formula is C22H18FN5O3. The first kappa shape index (κ1) is 20.1. The number of rotatable bonds is 6. The molecule has 0 amide bonds. The van der Waals surface area contributed by atoms with Gasteiger partial charge >= 0.3 is 5.97 Å². The predicted molar refractivity (Wildman–Crippen MR) is 109 cm³/mol. The van der Waals surface area contributed by atoms with Crippen molar-refractivity contribution in [1.82, 2.24) is 24.8 Å². The van der Waals surface area contributed by atoms with Gasteiger partial charge in [-0.25, -0.2) is 9.18 Å². The number of ketones is 1. The molecule has 2 heterocycles. The fraction of sp³-hybridized carbons (Fsp3) is 0.136. The average molecular weight is 419 g/mol. The number of ether oxygens (including phenoxy) is 1. The van der Waals surface area contributed by atoms with E-state index in [1.165, 1.54) is 23.1 Å². The molecule has 0 fully saturated rings. The molecule has 0 saturated carbocycles. The summed E-state index contributed by atoms with van der Waals surface area (Å²) < 4.78 is 22.0. The van der Waals surface area contributed by atoms with Gasteiger partial charge in [-0.3, -0.25) is 4.79 Å². The first-order valence-electron chi connectivity index (χ1n) is 9.43. The summed E-state index contributed by atoms with van der Waals surface area (Å²) in [6, 6.07) is 14.5. The number of carbonyl (C=O) groups excluding carboxylic acids is 2. The quantitative estimate of drug-likeness (QED) is 0.352. The Morgan fingerprint density at radius 2 is 1.84 bits per heavy atom. The summed E-state index contributed by atoms with van der Waals surface area (Å²) in [6.07, 6.45) is 1.36.